The van der Waals surface area contributed by atoms with Crippen LogP contribution in [-0.2, 0) is 9.53 Å². The van der Waals surface area contributed by atoms with Gasteiger partial charge in [0.1, 0.15) is 0 Å². The van der Waals surface area contributed by atoms with E-state index in [0.29, 0.717) is 5.69 Å². The zero-order chi connectivity index (χ0) is 10.4. The third-order valence-electron chi connectivity index (χ3n) is 1.44. The molecule has 0 aliphatic rings. The Balaban J connectivity index is 2.66. The standard InChI is InChI=1S/C9H10N2O3/c1-14-8(9(12)13)11-10-7-5-3-2-4-6-7/h2-6,10H,1H3,(H,12,13)/b11-8+. The van der Waals surface area contributed by atoms with Crippen LogP contribution >= 0.6 is 0 Å². The summed E-state index contributed by atoms with van der Waals surface area (Å²) in [4.78, 5) is 10.5. The van der Waals surface area contributed by atoms with E-state index in [-0.39, 0.29) is 5.90 Å². The van der Waals surface area contributed by atoms with Crippen LogP contribution in [0.5, 0.6) is 0 Å². The van der Waals surface area contributed by atoms with E-state index in [0.717, 1.165) is 0 Å². The molecule has 74 valence electrons. The summed E-state index contributed by atoms with van der Waals surface area (Å²) in [5, 5.41) is 12.1. The second-order valence-corrected chi connectivity index (χ2v) is 2.40. The van der Waals surface area contributed by atoms with Crippen molar-refractivity contribution in [3.8, 4) is 0 Å². The van der Waals surface area contributed by atoms with Crippen molar-refractivity contribution in [3.05, 3.63) is 30.3 Å². The number of benzene rings is 1. The van der Waals surface area contributed by atoms with Gasteiger partial charge in [0, 0.05) is 0 Å². The normalized spacial score (nSPS) is 10.8. The summed E-state index contributed by atoms with van der Waals surface area (Å²) in [5.74, 6) is -1.59. The number of carboxylic acid groups (broad SMARTS) is 1. The van der Waals surface area contributed by atoms with Gasteiger partial charge in [0.2, 0.25) is 0 Å². The first-order valence-corrected chi connectivity index (χ1v) is 3.90. The highest BCUT2D eigenvalue weighted by Gasteiger charge is 2.07. The quantitative estimate of drug-likeness (QED) is 0.421. The van der Waals surface area contributed by atoms with Crippen LogP contribution in [0.15, 0.2) is 35.4 Å². The number of nitrogens with one attached hydrogen (secondary N) is 1. The van der Waals surface area contributed by atoms with Crippen LogP contribution in [0, 0.1) is 0 Å². The summed E-state index contributed by atoms with van der Waals surface area (Å²) >= 11 is 0. The number of aliphatic carboxylic acids is 1. The molecule has 0 saturated carbocycles. The second kappa shape index (κ2) is 4.86. The number of hydrazone groups is 1. The van der Waals surface area contributed by atoms with Crippen molar-refractivity contribution in [2.75, 3.05) is 12.5 Å². The van der Waals surface area contributed by atoms with Crippen LogP contribution in [0.1, 0.15) is 0 Å². The van der Waals surface area contributed by atoms with E-state index in [1.165, 1.54) is 7.11 Å². The van der Waals surface area contributed by atoms with Gasteiger partial charge >= 0.3 is 11.9 Å². The highest BCUT2D eigenvalue weighted by atomic mass is 16.5. The smallest absolute Gasteiger partial charge is 0.393 e. The molecule has 0 unspecified atom stereocenters. The van der Waals surface area contributed by atoms with E-state index in [1.807, 2.05) is 18.2 Å². The van der Waals surface area contributed by atoms with Crippen LogP contribution in [0.2, 0.25) is 0 Å². The number of ether oxygens (including phenoxy) is 1. The van der Waals surface area contributed by atoms with E-state index in [2.05, 4.69) is 15.3 Å². The van der Waals surface area contributed by atoms with Gasteiger partial charge in [-0.2, -0.15) is 0 Å². The zero-order valence-corrected chi connectivity index (χ0v) is 7.60. The van der Waals surface area contributed by atoms with Crippen LogP contribution in [0.3, 0.4) is 0 Å². The van der Waals surface area contributed by atoms with E-state index in [1.54, 1.807) is 12.1 Å². The molecule has 2 N–H and O–H groups in total. The summed E-state index contributed by atoms with van der Waals surface area (Å²) in [6.07, 6.45) is 0. The van der Waals surface area contributed by atoms with Gasteiger partial charge in [0.05, 0.1) is 12.8 Å². The molecular formula is C9H10N2O3. The highest BCUT2D eigenvalue weighted by molar-refractivity contribution is 6.31. The molecule has 0 fully saturated rings. The van der Waals surface area contributed by atoms with Crippen molar-refractivity contribution in [2.45, 2.75) is 0 Å². The first-order valence-electron chi connectivity index (χ1n) is 3.90. The molecule has 0 radical (unpaired) electrons. The SMILES string of the molecule is CO/C(=N/Nc1ccccc1)C(=O)O. The Kier molecular flexibility index (Phi) is 3.49. The second-order valence-electron chi connectivity index (χ2n) is 2.40. The Hall–Kier alpha value is -2.04. The summed E-state index contributed by atoms with van der Waals surface area (Å²) in [7, 11) is 1.25. The number of nitrogens with zero attached hydrogens (tertiary/aromatic N) is 1. The van der Waals surface area contributed by atoms with E-state index >= 15 is 0 Å². The molecule has 0 saturated heterocycles. The lowest BCUT2D eigenvalue weighted by molar-refractivity contribution is -0.130. The lowest BCUT2D eigenvalue weighted by atomic mass is 10.3. The van der Waals surface area contributed by atoms with Crippen LogP contribution < -0.4 is 5.43 Å². The molecule has 0 bridgehead atoms. The molecule has 5 heteroatoms. The van der Waals surface area contributed by atoms with E-state index in [4.69, 9.17) is 5.11 Å². The van der Waals surface area contributed by atoms with Crippen LogP contribution in [-0.4, -0.2) is 24.1 Å². The fourth-order valence-electron chi connectivity index (χ4n) is 0.809. The van der Waals surface area contributed by atoms with Gasteiger partial charge in [0.25, 0.3) is 0 Å². The van der Waals surface area contributed by atoms with Gasteiger partial charge < -0.3 is 9.84 Å². The monoisotopic (exact) mass is 194 g/mol. The topological polar surface area (TPSA) is 70.9 Å². The molecule has 1 aromatic carbocycles. The average Bonchev–Trinajstić information content (AvgIpc) is 2.20. The lowest BCUT2D eigenvalue weighted by Crippen LogP contribution is -2.16. The summed E-state index contributed by atoms with van der Waals surface area (Å²) in [5.41, 5.74) is 3.26. The first kappa shape index (κ1) is 10.0. The third kappa shape index (κ3) is 2.78. The summed E-state index contributed by atoms with van der Waals surface area (Å²) in [6.45, 7) is 0. The number of carboxylic acids is 1. The predicted molar refractivity (Wildman–Crippen MR) is 52.1 cm³/mol. The number of para-hydroxylation sites is 1. The molecule has 0 aliphatic heterocycles. The van der Waals surface area contributed by atoms with Crippen molar-refractivity contribution < 1.29 is 14.6 Å². The largest absolute Gasteiger partial charge is 0.475 e. The van der Waals surface area contributed by atoms with Crippen molar-refractivity contribution >= 4 is 17.6 Å². The van der Waals surface area contributed by atoms with Crippen molar-refractivity contribution in [1.82, 2.24) is 0 Å². The van der Waals surface area contributed by atoms with E-state index in [9.17, 15) is 4.79 Å². The molecule has 0 aromatic heterocycles. The molecule has 0 aliphatic carbocycles. The Morgan fingerprint density at radius 1 is 1.43 bits per heavy atom. The van der Waals surface area contributed by atoms with Gasteiger partial charge in [-0.25, -0.2) is 4.79 Å². The van der Waals surface area contributed by atoms with Gasteiger partial charge in [-0.15, -0.1) is 5.10 Å². The minimum atomic E-state index is -1.21. The third-order valence-corrected chi connectivity index (χ3v) is 1.44. The minimum absolute atomic E-state index is 0.381. The number of carbonyl (C=O) groups is 1. The Labute approximate surface area is 81.0 Å². The molecular weight excluding hydrogens is 184 g/mol. The van der Waals surface area contributed by atoms with Gasteiger partial charge in [-0.05, 0) is 12.1 Å². The maximum absolute atomic E-state index is 10.5. The molecule has 14 heavy (non-hydrogen) atoms. The number of anilines is 1. The van der Waals surface area contributed by atoms with Gasteiger partial charge in [-0.3, -0.25) is 5.43 Å². The first-order chi connectivity index (χ1) is 6.74. The van der Waals surface area contributed by atoms with Crippen molar-refractivity contribution in [1.29, 1.82) is 0 Å². The van der Waals surface area contributed by atoms with Crippen molar-refractivity contribution in [2.24, 2.45) is 5.10 Å². The lowest BCUT2D eigenvalue weighted by Gasteiger charge is -2.01. The Morgan fingerprint density at radius 3 is 2.57 bits per heavy atom. The number of hydrogen-bond acceptors (Lipinski definition) is 4. The highest BCUT2D eigenvalue weighted by Crippen LogP contribution is 2.04. The summed E-state index contributed by atoms with van der Waals surface area (Å²) < 4.78 is 4.52. The predicted octanol–water partition coefficient (Wildman–Crippen LogP) is 1.14. The molecule has 5 nitrogen and oxygen atoms in total. The molecule has 0 amide bonds. The molecule has 0 atom stereocenters. The fourth-order valence-corrected chi connectivity index (χ4v) is 0.809. The molecule has 0 spiro atoms. The zero-order valence-electron chi connectivity index (χ0n) is 7.60. The van der Waals surface area contributed by atoms with Crippen LogP contribution in [0.4, 0.5) is 5.69 Å². The molecule has 0 heterocycles. The molecule has 1 aromatic rings. The van der Waals surface area contributed by atoms with Crippen LogP contribution in [0.25, 0.3) is 0 Å². The molecule has 1 rings (SSSR count). The Bertz CT molecular complexity index is 335. The minimum Gasteiger partial charge on any atom is -0.475 e. The number of hydrogen-bond donors (Lipinski definition) is 2. The van der Waals surface area contributed by atoms with Gasteiger partial charge in [-0.1, -0.05) is 18.2 Å². The maximum atomic E-state index is 10.5. The van der Waals surface area contributed by atoms with E-state index < -0.39 is 5.97 Å². The number of methoxy groups -OCH3 is 1. The Morgan fingerprint density at radius 2 is 2.07 bits per heavy atom. The number of rotatable bonds is 2. The summed E-state index contributed by atoms with van der Waals surface area (Å²) in [6, 6.07) is 9.00. The average molecular weight is 194 g/mol. The fraction of sp³-hybridized carbons (Fsp3) is 0.111. The van der Waals surface area contributed by atoms with Crippen molar-refractivity contribution in [3.63, 3.8) is 0 Å². The van der Waals surface area contributed by atoms with Gasteiger partial charge in [0.15, 0.2) is 0 Å². The maximum Gasteiger partial charge on any atom is 0.393 e.